The molecule has 0 saturated heterocycles. The van der Waals surface area contributed by atoms with E-state index >= 15 is 0 Å². The van der Waals surface area contributed by atoms with E-state index < -0.39 is 0 Å². The maximum absolute atomic E-state index is 12.4. The highest BCUT2D eigenvalue weighted by Crippen LogP contribution is 2.40. The fourth-order valence-electron chi connectivity index (χ4n) is 3.90. The molecule has 1 amide bonds. The third kappa shape index (κ3) is 5.16. The smallest absolute Gasteiger partial charge is 0.244 e. The van der Waals surface area contributed by atoms with Crippen molar-refractivity contribution in [2.45, 2.75) is 47.0 Å². The largest absolute Gasteiger partial charge is 0.496 e. The Labute approximate surface area is 190 Å². The second kappa shape index (κ2) is 10.9. The molecule has 5 nitrogen and oxygen atoms in total. The number of allylic oxidation sites excluding steroid dienone is 1. The second-order valence-electron chi connectivity index (χ2n) is 7.89. The Balaban J connectivity index is 1.98. The number of ether oxygens (including phenoxy) is 2. The fourth-order valence-corrected chi connectivity index (χ4v) is 3.90. The summed E-state index contributed by atoms with van der Waals surface area (Å²) < 4.78 is 17.2. The molecular weight excluding hydrogens is 402 g/mol. The van der Waals surface area contributed by atoms with Crippen molar-refractivity contribution in [3.63, 3.8) is 0 Å². The number of carbonyl (C=O) groups is 1. The average molecular weight is 436 g/mol. The van der Waals surface area contributed by atoms with Crippen molar-refractivity contribution in [3.8, 4) is 22.6 Å². The Morgan fingerprint density at radius 2 is 1.91 bits per heavy atom. The first-order chi connectivity index (χ1) is 15.5. The van der Waals surface area contributed by atoms with E-state index in [0.717, 1.165) is 69.6 Å². The standard InChI is InChI=1S/C27H33NO4/c1-6-8-9-14-28-25(29)15-18(3)22-16-23-24(17-32-27(23)19(4)26(22)30-5)20-10-12-21(13-11-20)31-7-2/h10-13,15-17H,6-9,14H2,1-5H3,(H,28,29)/b18-15+. The zero-order chi connectivity index (χ0) is 23.1. The summed E-state index contributed by atoms with van der Waals surface area (Å²) in [7, 11) is 1.64. The number of amides is 1. The van der Waals surface area contributed by atoms with Crippen LogP contribution in [0.3, 0.4) is 0 Å². The van der Waals surface area contributed by atoms with Crippen molar-refractivity contribution in [2.24, 2.45) is 0 Å². The average Bonchev–Trinajstić information content (AvgIpc) is 3.22. The predicted molar refractivity (Wildman–Crippen MR) is 130 cm³/mol. The molecule has 1 aromatic heterocycles. The Hall–Kier alpha value is -3.21. The van der Waals surface area contributed by atoms with Crippen LogP contribution < -0.4 is 14.8 Å². The van der Waals surface area contributed by atoms with Crippen LogP contribution in [0.25, 0.3) is 27.7 Å². The molecule has 0 aliphatic rings. The molecule has 0 atom stereocenters. The third-order valence-corrected chi connectivity index (χ3v) is 5.58. The van der Waals surface area contributed by atoms with E-state index in [2.05, 4.69) is 12.2 Å². The summed E-state index contributed by atoms with van der Waals surface area (Å²) in [6, 6.07) is 10.0. The molecule has 170 valence electrons. The lowest BCUT2D eigenvalue weighted by molar-refractivity contribution is -0.116. The molecule has 32 heavy (non-hydrogen) atoms. The lowest BCUT2D eigenvalue weighted by Crippen LogP contribution is -2.22. The lowest BCUT2D eigenvalue weighted by Gasteiger charge is -2.13. The first kappa shape index (κ1) is 23.5. The molecule has 0 unspecified atom stereocenters. The normalized spacial score (nSPS) is 11.6. The number of nitrogens with one attached hydrogen (secondary N) is 1. The molecule has 1 N–H and O–H groups in total. The third-order valence-electron chi connectivity index (χ3n) is 5.58. The van der Waals surface area contributed by atoms with E-state index in [1.807, 2.05) is 51.1 Å². The molecule has 3 rings (SSSR count). The monoisotopic (exact) mass is 435 g/mol. The molecule has 0 fully saturated rings. The van der Waals surface area contributed by atoms with Gasteiger partial charge >= 0.3 is 0 Å². The van der Waals surface area contributed by atoms with Gasteiger partial charge in [0.25, 0.3) is 0 Å². The molecule has 0 saturated carbocycles. The van der Waals surface area contributed by atoms with Crippen LogP contribution in [0.5, 0.6) is 11.5 Å². The van der Waals surface area contributed by atoms with Gasteiger partial charge in [0.1, 0.15) is 17.1 Å². The minimum absolute atomic E-state index is 0.0858. The van der Waals surface area contributed by atoms with E-state index in [-0.39, 0.29) is 5.91 Å². The summed E-state index contributed by atoms with van der Waals surface area (Å²) in [6.07, 6.45) is 6.65. The first-order valence-electron chi connectivity index (χ1n) is 11.3. The molecule has 0 radical (unpaired) electrons. The second-order valence-corrected chi connectivity index (χ2v) is 7.89. The quantitative estimate of drug-likeness (QED) is 0.291. The van der Waals surface area contributed by atoms with E-state index in [1.54, 1.807) is 19.4 Å². The topological polar surface area (TPSA) is 60.7 Å². The van der Waals surface area contributed by atoms with Crippen LogP contribution in [0.1, 0.15) is 51.2 Å². The van der Waals surface area contributed by atoms with Crippen LogP contribution in [-0.4, -0.2) is 26.2 Å². The van der Waals surface area contributed by atoms with Crippen molar-refractivity contribution in [2.75, 3.05) is 20.3 Å². The highest BCUT2D eigenvalue weighted by molar-refractivity contribution is 6.01. The molecule has 0 aliphatic heterocycles. The van der Waals surface area contributed by atoms with Gasteiger partial charge in [-0.2, -0.15) is 0 Å². The van der Waals surface area contributed by atoms with Crippen molar-refractivity contribution in [1.29, 1.82) is 0 Å². The van der Waals surface area contributed by atoms with Gasteiger partial charge in [0, 0.05) is 34.7 Å². The van der Waals surface area contributed by atoms with Crippen LogP contribution in [0.2, 0.25) is 0 Å². The number of furan rings is 1. The number of fused-ring (bicyclic) bond motifs is 1. The molecule has 3 aromatic rings. The number of methoxy groups -OCH3 is 1. The lowest BCUT2D eigenvalue weighted by atomic mass is 9.96. The zero-order valence-corrected chi connectivity index (χ0v) is 19.7. The van der Waals surface area contributed by atoms with Gasteiger partial charge in [0.2, 0.25) is 5.91 Å². The van der Waals surface area contributed by atoms with Gasteiger partial charge in [-0.15, -0.1) is 0 Å². The summed E-state index contributed by atoms with van der Waals surface area (Å²) in [6.45, 7) is 9.35. The Morgan fingerprint density at radius 3 is 2.56 bits per heavy atom. The molecule has 0 bridgehead atoms. The van der Waals surface area contributed by atoms with E-state index in [9.17, 15) is 4.79 Å². The minimum Gasteiger partial charge on any atom is -0.496 e. The number of benzene rings is 2. The van der Waals surface area contributed by atoms with E-state index in [1.165, 1.54) is 0 Å². The molecule has 0 aliphatic carbocycles. The molecule has 0 spiro atoms. The van der Waals surface area contributed by atoms with Crippen LogP contribution in [-0.2, 0) is 4.79 Å². The Morgan fingerprint density at radius 1 is 1.16 bits per heavy atom. The van der Waals surface area contributed by atoms with E-state index in [0.29, 0.717) is 13.2 Å². The van der Waals surface area contributed by atoms with Crippen molar-refractivity contribution >= 4 is 22.4 Å². The van der Waals surface area contributed by atoms with Crippen molar-refractivity contribution in [1.82, 2.24) is 5.32 Å². The summed E-state index contributed by atoms with van der Waals surface area (Å²) in [4.78, 5) is 12.4. The molecule has 1 heterocycles. The van der Waals surface area contributed by atoms with Crippen LogP contribution >= 0.6 is 0 Å². The van der Waals surface area contributed by atoms with Gasteiger partial charge in [-0.3, -0.25) is 4.79 Å². The number of hydrogen-bond acceptors (Lipinski definition) is 4. The Kier molecular flexibility index (Phi) is 7.98. The summed E-state index contributed by atoms with van der Waals surface area (Å²) in [5.74, 6) is 1.47. The van der Waals surface area contributed by atoms with Gasteiger partial charge in [-0.25, -0.2) is 0 Å². The maximum atomic E-state index is 12.4. The molecular formula is C27H33NO4. The van der Waals surface area contributed by atoms with Crippen LogP contribution in [0.15, 0.2) is 47.1 Å². The number of hydrogen-bond donors (Lipinski definition) is 1. The SMILES string of the molecule is CCCCCNC(=O)/C=C(\C)c1cc2c(-c3ccc(OCC)cc3)coc2c(C)c1OC. The molecule has 5 heteroatoms. The Bertz CT molecular complexity index is 1090. The van der Waals surface area contributed by atoms with Crippen LogP contribution in [0.4, 0.5) is 0 Å². The van der Waals surface area contributed by atoms with Gasteiger partial charge in [-0.1, -0.05) is 31.9 Å². The van der Waals surface area contributed by atoms with Gasteiger partial charge < -0.3 is 19.2 Å². The first-order valence-corrected chi connectivity index (χ1v) is 11.3. The fraction of sp³-hybridized carbons (Fsp3) is 0.370. The predicted octanol–water partition coefficient (Wildman–Crippen LogP) is 6.53. The minimum atomic E-state index is -0.0858. The summed E-state index contributed by atoms with van der Waals surface area (Å²) in [5.41, 5.74) is 5.46. The van der Waals surface area contributed by atoms with Crippen molar-refractivity contribution in [3.05, 3.63) is 53.8 Å². The summed E-state index contributed by atoms with van der Waals surface area (Å²) in [5, 5.41) is 3.95. The number of aryl methyl sites for hydroxylation is 1. The van der Waals surface area contributed by atoms with Crippen LogP contribution in [0, 0.1) is 6.92 Å². The summed E-state index contributed by atoms with van der Waals surface area (Å²) >= 11 is 0. The molecule has 2 aromatic carbocycles. The highest BCUT2D eigenvalue weighted by Gasteiger charge is 2.18. The van der Waals surface area contributed by atoms with Gasteiger partial charge in [0.05, 0.1) is 20.0 Å². The van der Waals surface area contributed by atoms with Gasteiger partial charge in [-0.05, 0) is 56.5 Å². The van der Waals surface area contributed by atoms with E-state index in [4.69, 9.17) is 13.9 Å². The maximum Gasteiger partial charge on any atom is 0.244 e. The number of rotatable bonds is 10. The zero-order valence-electron chi connectivity index (χ0n) is 19.7. The highest BCUT2D eigenvalue weighted by atomic mass is 16.5. The number of carbonyl (C=O) groups excluding carboxylic acids is 1. The van der Waals surface area contributed by atoms with Gasteiger partial charge in [0.15, 0.2) is 0 Å². The van der Waals surface area contributed by atoms with Crippen molar-refractivity contribution < 1.29 is 18.7 Å². The number of unbranched alkanes of at least 4 members (excludes halogenated alkanes) is 2.